The van der Waals surface area contributed by atoms with Crippen LogP contribution in [-0.2, 0) is 9.47 Å². The molecule has 4 heterocycles. The largest absolute Gasteiger partial charge is 0.444 e. The van der Waals surface area contributed by atoms with Crippen molar-refractivity contribution in [3.05, 3.63) is 72.6 Å². The molecule has 0 unspecified atom stereocenters. The van der Waals surface area contributed by atoms with Crippen LogP contribution in [0.4, 0.5) is 9.59 Å². The van der Waals surface area contributed by atoms with Crippen LogP contribution in [0.5, 0.6) is 0 Å². The number of nitrogens with zero attached hydrogens (tertiary/aromatic N) is 4. The molecule has 2 N–H and O–H groups in total. The van der Waals surface area contributed by atoms with Crippen LogP contribution in [0.1, 0.15) is 91.0 Å². The molecule has 2 fully saturated rings. The number of amides is 2. The van der Waals surface area contributed by atoms with Crippen LogP contribution < -0.4 is 0 Å². The predicted molar refractivity (Wildman–Crippen MR) is 207 cm³/mol. The first-order valence-corrected chi connectivity index (χ1v) is 16.9. The highest BCUT2D eigenvalue weighted by Crippen LogP contribution is 2.36. The topological polar surface area (TPSA) is 116 Å². The summed E-state index contributed by atoms with van der Waals surface area (Å²) in [6.07, 6.45) is 6.65. The standard InChI is InChI=1S/C38H44N6O4.2H2S/c1-37(2,3)47-35(45)43-15-7-9-31(43)33-39-21-29(41-33)25-13-11-23-18-28-20-26(14-12-24(28)17-27(23)19-25)30-22-40-34(42-30)32-10-8-16-44(32)36(46)48-38(4,5)6;;/h11-14,17-22,31-32H,7-10,15-16H2,1-6H3,(H,39,41)(H,40,42);2*1H2/t31-,32-;;/m0../s1. The lowest BCUT2D eigenvalue weighted by molar-refractivity contribution is 0.0208. The van der Waals surface area contributed by atoms with Gasteiger partial charge in [0.05, 0.1) is 35.9 Å². The monoisotopic (exact) mass is 716 g/mol. The first kappa shape index (κ1) is 37.1. The molecule has 10 nitrogen and oxygen atoms in total. The molecule has 12 heteroatoms. The summed E-state index contributed by atoms with van der Waals surface area (Å²) in [4.78, 5) is 45.6. The van der Waals surface area contributed by atoms with Gasteiger partial charge in [-0.25, -0.2) is 19.6 Å². The van der Waals surface area contributed by atoms with Crippen molar-refractivity contribution >= 4 is 60.7 Å². The van der Waals surface area contributed by atoms with Gasteiger partial charge in [-0.2, -0.15) is 27.0 Å². The Bertz CT molecular complexity index is 1870. The number of likely N-dealkylation sites (tertiary alicyclic amines) is 2. The van der Waals surface area contributed by atoms with Crippen LogP contribution >= 0.6 is 27.0 Å². The molecule has 3 aromatic carbocycles. The number of carbonyl (C=O) groups is 2. The summed E-state index contributed by atoms with van der Waals surface area (Å²) >= 11 is 0. The highest BCUT2D eigenvalue weighted by molar-refractivity contribution is 7.59. The van der Waals surface area contributed by atoms with Crippen LogP contribution in [0.25, 0.3) is 44.1 Å². The molecule has 0 saturated carbocycles. The maximum atomic E-state index is 12.8. The average Bonchev–Trinajstić information content (AvgIpc) is 3.83. The minimum absolute atomic E-state index is 0. The van der Waals surface area contributed by atoms with Gasteiger partial charge < -0.3 is 19.4 Å². The fraction of sp³-hybridized carbons (Fsp3) is 0.421. The van der Waals surface area contributed by atoms with Gasteiger partial charge in [0.15, 0.2) is 0 Å². The van der Waals surface area contributed by atoms with Crippen LogP contribution in [-0.4, -0.2) is 66.2 Å². The number of imidazole rings is 2. The highest BCUT2D eigenvalue weighted by Gasteiger charge is 2.36. The van der Waals surface area contributed by atoms with Crippen LogP contribution in [0.3, 0.4) is 0 Å². The van der Waals surface area contributed by atoms with Crippen molar-refractivity contribution in [2.75, 3.05) is 13.1 Å². The Labute approximate surface area is 307 Å². The fourth-order valence-corrected chi connectivity index (χ4v) is 6.82. The van der Waals surface area contributed by atoms with Crippen molar-refractivity contribution in [3.63, 3.8) is 0 Å². The SMILES string of the molecule is CC(C)(C)OC(=O)N1CCC[C@H]1c1ncc(-c2ccc3cc4cc(-c5cnc([C@@H]6CCCN6C(=O)OC(C)(C)C)[nH]5)ccc4cc3c2)[nH]1.S.S. The summed E-state index contributed by atoms with van der Waals surface area (Å²) in [5, 5.41) is 4.54. The van der Waals surface area contributed by atoms with E-state index in [1.807, 2.05) is 53.9 Å². The van der Waals surface area contributed by atoms with E-state index >= 15 is 0 Å². The number of hydrogen-bond donors (Lipinski definition) is 2. The van der Waals surface area contributed by atoms with E-state index in [9.17, 15) is 9.59 Å². The van der Waals surface area contributed by atoms with Crippen molar-refractivity contribution < 1.29 is 19.1 Å². The number of carbonyl (C=O) groups excluding carboxylic acids is 2. The quantitative estimate of drug-likeness (QED) is 0.179. The molecule has 0 aliphatic carbocycles. The predicted octanol–water partition coefficient (Wildman–Crippen LogP) is 9.14. The Kier molecular flexibility index (Phi) is 10.6. The minimum atomic E-state index is -0.542. The Hall–Kier alpha value is -4.16. The second kappa shape index (κ2) is 14.2. The molecule has 0 spiro atoms. The third-order valence-corrected chi connectivity index (χ3v) is 9.00. The molecule has 266 valence electrons. The third kappa shape index (κ3) is 7.76. The summed E-state index contributed by atoms with van der Waals surface area (Å²) in [6.45, 7) is 12.6. The van der Waals surface area contributed by atoms with E-state index in [4.69, 9.17) is 9.47 Å². The molecular weight excluding hydrogens is 669 g/mol. The van der Waals surface area contributed by atoms with E-state index in [1.54, 1.807) is 9.80 Å². The van der Waals surface area contributed by atoms with E-state index in [0.29, 0.717) is 13.1 Å². The zero-order valence-corrected chi connectivity index (χ0v) is 31.6. The molecule has 2 aliphatic heterocycles. The van der Waals surface area contributed by atoms with Gasteiger partial charge in [0.25, 0.3) is 0 Å². The maximum absolute atomic E-state index is 12.8. The van der Waals surface area contributed by atoms with Crippen LogP contribution in [0.2, 0.25) is 0 Å². The fourth-order valence-electron chi connectivity index (χ4n) is 6.82. The molecule has 50 heavy (non-hydrogen) atoms. The summed E-state index contributed by atoms with van der Waals surface area (Å²) in [6, 6.07) is 17.0. The van der Waals surface area contributed by atoms with Gasteiger partial charge in [-0.3, -0.25) is 9.80 Å². The zero-order valence-electron chi connectivity index (χ0n) is 29.6. The molecule has 0 bridgehead atoms. The van der Waals surface area contributed by atoms with Gasteiger partial charge in [0.1, 0.15) is 22.9 Å². The average molecular weight is 717 g/mol. The third-order valence-electron chi connectivity index (χ3n) is 9.00. The zero-order chi connectivity index (χ0) is 33.8. The number of ether oxygens (including phenoxy) is 2. The summed E-state index contributed by atoms with van der Waals surface area (Å²) < 4.78 is 11.3. The lowest BCUT2D eigenvalue weighted by Crippen LogP contribution is -2.36. The Morgan fingerprint density at radius 1 is 0.640 bits per heavy atom. The lowest BCUT2D eigenvalue weighted by atomic mass is 9.99. The Morgan fingerprint density at radius 3 is 1.42 bits per heavy atom. The number of aromatic amines is 2. The number of nitrogens with one attached hydrogen (secondary N) is 2. The van der Waals surface area contributed by atoms with Gasteiger partial charge >= 0.3 is 12.2 Å². The van der Waals surface area contributed by atoms with Gasteiger partial charge in [-0.15, -0.1) is 0 Å². The number of rotatable bonds is 4. The number of benzene rings is 3. The van der Waals surface area contributed by atoms with E-state index in [2.05, 4.69) is 68.5 Å². The lowest BCUT2D eigenvalue weighted by Gasteiger charge is -2.27. The second-order valence-electron chi connectivity index (χ2n) is 15.0. The first-order chi connectivity index (χ1) is 22.8. The van der Waals surface area contributed by atoms with Gasteiger partial charge in [-0.05, 0) is 113 Å². The van der Waals surface area contributed by atoms with Crippen molar-refractivity contribution in [1.29, 1.82) is 0 Å². The molecule has 2 saturated heterocycles. The van der Waals surface area contributed by atoms with E-state index in [-0.39, 0.29) is 51.3 Å². The number of H-pyrrole nitrogens is 2. The van der Waals surface area contributed by atoms with Gasteiger partial charge in [0.2, 0.25) is 0 Å². The molecular formula is C38H48N6O4S2. The summed E-state index contributed by atoms with van der Waals surface area (Å²) in [5.41, 5.74) is 2.83. The molecule has 0 radical (unpaired) electrons. The molecule has 5 aromatic rings. The first-order valence-electron chi connectivity index (χ1n) is 16.9. The summed E-state index contributed by atoms with van der Waals surface area (Å²) in [7, 11) is 0. The van der Waals surface area contributed by atoms with Crippen LogP contribution in [0, 0.1) is 0 Å². The van der Waals surface area contributed by atoms with E-state index in [0.717, 1.165) is 81.4 Å². The number of hydrogen-bond acceptors (Lipinski definition) is 6. The van der Waals surface area contributed by atoms with Gasteiger partial charge in [-0.1, -0.05) is 24.3 Å². The molecule has 2 aliphatic rings. The molecule has 7 rings (SSSR count). The maximum Gasteiger partial charge on any atom is 0.410 e. The Balaban J connectivity index is 0.00000243. The minimum Gasteiger partial charge on any atom is -0.444 e. The van der Waals surface area contributed by atoms with Crippen molar-refractivity contribution in [1.82, 2.24) is 29.7 Å². The Morgan fingerprint density at radius 2 is 1.04 bits per heavy atom. The van der Waals surface area contributed by atoms with Gasteiger partial charge in [0, 0.05) is 24.2 Å². The molecule has 2 aromatic heterocycles. The summed E-state index contributed by atoms with van der Waals surface area (Å²) in [5.74, 6) is 1.57. The second-order valence-corrected chi connectivity index (χ2v) is 15.0. The smallest absolute Gasteiger partial charge is 0.410 e. The van der Waals surface area contributed by atoms with E-state index < -0.39 is 11.2 Å². The van der Waals surface area contributed by atoms with Crippen molar-refractivity contribution in [2.24, 2.45) is 0 Å². The number of fused-ring (bicyclic) bond motifs is 2. The van der Waals surface area contributed by atoms with Crippen molar-refractivity contribution in [2.45, 2.75) is 90.5 Å². The highest BCUT2D eigenvalue weighted by atomic mass is 32.1. The van der Waals surface area contributed by atoms with E-state index in [1.165, 1.54) is 0 Å². The molecule has 2 atom stereocenters. The normalized spacial score (nSPS) is 17.9. The molecule has 2 amide bonds. The van der Waals surface area contributed by atoms with Crippen LogP contribution in [0.15, 0.2) is 60.9 Å². The number of aromatic nitrogens is 4. The van der Waals surface area contributed by atoms with Crippen molar-refractivity contribution in [3.8, 4) is 22.5 Å².